The minimum atomic E-state index is -1.55. The van der Waals surface area contributed by atoms with Crippen LogP contribution in [0.2, 0.25) is 0 Å². The smallest absolute Gasteiger partial charge is 0.213 e. The van der Waals surface area contributed by atoms with Gasteiger partial charge in [0.05, 0.1) is 24.2 Å². The molecule has 10 nitrogen and oxygen atoms in total. The Hall–Kier alpha value is -5.01. The summed E-state index contributed by atoms with van der Waals surface area (Å²) in [5, 5.41) is 57.7. The van der Waals surface area contributed by atoms with Crippen LogP contribution in [-0.2, 0) is 4.74 Å². The first-order chi connectivity index (χ1) is 23.5. The van der Waals surface area contributed by atoms with Gasteiger partial charge in [-0.25, -0.2) is 4.68 Å². The Morgan fingerprint density at radius 2 is 1.33 bits per heavy atom. The van der Waals surface area contributed by atoms with Gasteiger partial charge in [-0.1, -0.05) is 103 Å². The van der Waals surface area contributed by atoms with Crippen LogP contribution in [-0.4, -0.2) is 72.0 Å². The SMILES string of the molecule is OC[C@H]1O[C@@H](n2c(-c3ccccc3)cs/c2=N\N=C\c2cn(-c3ccccc3)nc2-c2ccc(-c3ccccc3)cc2)[C@H](O)[C@@H](O)[C@@H]1O. The lowest BCUT2D eigenvalue weighted by molar-refractivity contribution is -0.251. The second-order valence-electron chi connectivity index (χ2n) is 11.4. The van der Waals surface area contributed by atoms with Crippen molar-refractivity contribution in [2.45, 2.75) is 30.6 Å². The van der Waals surface area contributed by atoms with Crippen molar-refractivity contribution in [2.75, 3.05) is 6.61 Å². The molecule has 5 atom stereocenters. The van der Waals surface area contributed by atoms with E-state index in [0.29, 0.717) is 10.5 Å². The van der Waals surface area contributed by atoms with Gasteiger partial charge in [-0.05, 0) is 28.8 Å². The zero-order valence-corrected chi connectivity index (χ0v) is 26.5. The monoisotopic (exact) mass is 659 g/mol. The third-order valence-electron chi connectivity index (χ3n) is 8.30. The van der Waals surface area contributed by atoms with Crippen LogP contribution >= 0.6 is 11.3 Å². The van der Waals surface area contributed by atoms with Gasteiger partial charge in [-0.3, -0.25) is 4.57 Å². The number of hydrogen-bond donors (Lipinski definition) is 4. The number of para-hydroxylation sites is 1. The first-order valence-corrected chi connectivity index (χ1v) is 16.3. The fourth-order valence-electron chi connectivity index (χ4n) is 5.76. The van der Waals surface area contributed by atoms with E-state index in [1.807, 2.05) is 103 Å². The molecule has 4 aromatic carbocycles. The van der Waals surface area contributed by atoms with Crippen molar-refractivity contribution in [2.24, 2.45) is 10.2 Å². The number of aliphatic hydroxyl groups is 4. The van der Waals surface area contributed by atoms with Crippen molar-refractivity contribution < 1.29 is 25.2 Å². The fraction of sp³-hybridized carbons (Fsp3) is 0.162. The highest BCUT2D eigenvalue weighted by molar-refractivity contribution is 7.07. The van der Waals surface area contributed by atoms with E-state index in [1.165, 1.54) is 11.3 Å². The van der Waals surface area contributed by atoms with Crippen molar-refractivity contribution in [3.8, 4) is 39.3 Å². The second kappa shape index (κ2) is 14.0. The van der Waals surface area contributed by atoms with Gasteiger partial charge < -0.3 is 25.2 Å². The molecular formula is C37H33N5O5S. The molecule has 0 aliphatic carbocycles. The Balaban J connectivity index is 1.29. The number of benzene rings is 4. The zero-order chi connectivity index (χ0) is 33.0. The summed E-state index contributed by atoms with van der Waals surface area (Å²) in [5.41, 5.74) is 6.95. The molecule has 1 fully saturated rings. The summed E-state index contributed by atoms with van der Waals surface area (Å²) in [4.78, 5) is 0.374. The number of aromatic nitrogens is 3. The zero-order valence-electron chi connectivity index (χ0n) is 25.6. The average Bonchev–Trinajstić information content (AvgIpc) is 3.77. The Morgan fingerprint density at radius 3 is 2.00 bits per heavy atom. The van der Waals surface area contributed by atoms with Crippen LogP contribution in [0.5, 0.6) is 0 Å². The highest BCUT2D eigenvalue weighted by Gasteiger charge is 2.45. The minimum absolute atomic E-state index is 0.374. The number of nitrogens with zero attached hydrogens (tertiary/aromatic N) is 5. The maximum Gasteiger partial charge on any atom is 0.213 e. The van der Waals surface area contributed by atoms with Crippen LogP contribution in [0.3, 0.4) is 0 Å². The summed E-state index contributed by atoms with van der Waals surface area (Å²) in [6.07, 6.45) is -3.25. The van der Waals surface area contributed by atoms with Crippen molar-refractivity contribution in [1.29, 1.82) is 0 Å². The topological polar surface area (TPSA) is 138 Å². The Bertz CT molecular complexity index is 2060. The van der Waals surface area contributed by atoms with Crippen molar-refractivity contribution in [3.05, 3.63) is 137 Å². The Labute approximate surface area is 280 Å². The molecule has 0 saturated carbocycles. The molecule has 0 spiro atoms. The van der Waals surface area contributed by atoms with Gasteiger partial charge in [0.2, 0.25) is 4.80 Å². The average molecular weight is 660 g/mol. The van der Waals surface area contributed by atoms with Crippen LogP contribution in [0.4, 0.5) is 0 Å². The largest absolute Gasteiger partial charge is 0.394 e. The highest BCUT2D eigenvalue weighted by Crippen LogP contribution is 2.32. The number of ether oxygens (including phenoxy) is 1. The quantitative estimate of drug-likeness (QED) is 0.139. The van der Waals surface area contributed by atoms with Gasteiger partial charge >= 0.3 is 0 Å². The van der Waals surface area contributed by atoms with Gasteiger partial charge in [0.15, 0.2) is 6.23 Å². The summed E-state index contributed by atoms with van der Waals surface area (Å²) < 4.78 is 9.38. The summed E-state index contributed by atoms with van der Waals surface area (Å²) in [6.45, 7) is -0.544. The number of aliphatic hydroxyl groups excluding tert-OH is 4. The van der Waals surface area contributed by atoms with E-state index in [9.17, 15) is 20.4 Å². The first kappa shape index (κ1) is 31.6. The molecule has 2 aromatic heterocycles. The molecular weight excluding hydrogens is 627 g/mol. The highest BCUT2D eigenvalue weighted by atomic mass is 32.1. The third-order valence-corrected chi connectivity index (χ3v) is 9.13. The lowest BCUT2D eigenvalue weighted by Crippen LogP contribution is -2.57. The molecule has 242 valence electrons. The van der Waals surface area contributed by atoms with E-state index in [0.717, 1.165) is 39.2 Å². The predicted molar refractivity (Wildman–Crippen MR) is 184 cm³/mol. The number of thiazole rings is 1. The van der Waals surface area contributed by atoms with Gasteiger partial charge in [0, 0.05) is 22.7 Å². The van der Waals surface area contributed by atoms with E-state index in [-0.39, 0.29) is 0 Å². The van der Waals surface area contributed by atoms with Crippen LogP contribution < -0.4 is 4.80 Å². The standard InChI is InChI=1S/C37H33N5O5S/c43-22-31-33(44)34(45)35(46)36(47-31)42-30(26-12-6-2-7-13-26)23-48-37(42)39-38-20-28-21-41(29-14-8-3-9-15-29)40-32(28)27-18-16-25(17-19-27)24-10-4-1-5-11-24/h1-21,23,31,33-36,43-46H,22H2/b38-20+,39-37-/t31-,33-,34+,35-,36-/m1/s1. The molecule has 1 aliphatic rings. The normalized spacial score (nSPS) is 21.6. The molecule has 0 bridgehead atoms. The lowest BCUT2D eigenvalue weighted by atomic mass is 9.98. The molecule has 6 aromatic rings. The third kappa shape index (κ3) is 6.30. The van der Waals surface area contributed by atoms with Crippen molar-refractivity contribution in [1.82, 2.24) is 14.3 Å². The second-order valence-corrected chi connectivity index (χ2v) is 12.2. The van der Waals surface area contributed by atoms with Crippen molar-refractivity contribution >= 4 is 17.6 Å². The van der Waals surface area contributed by atoms with Gasteiger partial charge in [0.25, 0.3) is 0 Å². The number of rotatable bonds is 8. The van der Waals surface area contributed by atoms with Gasteiger partial charge in [-0.15, -0.1) is 16.4 Å². The van der Waals surface area contributed by atoms with Gasteiger partial charge in [-0.2, -0.15) is 10.2 Å². The Morgan fingerprint density at radius 1 is 0.729 bits per heavy atom. The minimum Gasteiger partial charge on any atom is -0.394 e. The molecule has 4 N–H and O–H groups in total. The first-order valence-electron chi connectivity index (χ1n) is 15.5. The maximum atomic E-state index is 11.0. The van der Waals surface area contributed by atoms with E-state index in [2.05, 4.69) is 34.5 Å². The molecule has 0 unspecified atom stereocenters. The van der Waals surface area contributed by atoms with E-state index in [1.54, 1.807) is 15.5 Å². The van der Waals surface area contributed by atoms with Crippen LogP contribution in [0.25, 0.3) is 39.3 Å². The summed E-state index contributed by atoms with van der Waals surface area (Å²) >= 11 is 1.28. The molecule has 11 heteroatoms. The molecule has 3 heterocycles. The van der Waals surface area contributed by atoms with E-state index in [4.69, 9.17) is 9.84 Å². The van der Waals surface area contributed by atoms with Crippen LogP contribution in [0.1, 0.15) is 11.8 Å². The van der Waals surface area contributed by atoms with Crippen LogP contribution in [0.15, 0.2) is 137 Å². The van der Waals surface area contributed by atoms with Crippen LogP contribution in [0, 0.1) is 0 Å². The molecule has 48 heavy (non-hydrogen) atoms. The summed E-state index contributed by atoms with van der Waals surface area (Å²) in [6, 6.07) is 37.7. The molecule has 1 saturated heterocycles. The Kier molecular flexibility index (Phi) is 9.21. The molecule has 7 rings (SSSR count). The molecule has 1 aliphatic heterocycles. The summed E-state index contributed by atoms with van der Waals surface area (Å²) in [7, 11) is 0. The van der Waals surface area contributed by atoms with Gasteiger partial charge in [0.1, 0.15) is 30.1 Å². The number of hydrogen-bond acceptors (Lipinski definition) is 9. The van der Waals surface area contributed by atoms with E-state index < -0.39 is 37.3 Å². The van der Waals surface area contributed by atoms with Crippen molar-refractivity contribution in [3.63, 3.8) is 0 Å². The fourth-order valence-corrected chi connectivity index (χ4v) is 6.64. The molecule has 0 radical (unpaired) electrons. The lowest BCUT2D eigenvalue weighted by Gasteiger charge is -2.40. The maximum absolute atomic E-state index is 11.0. The molecule has 0 amide bonds. The van der Waals surface area contributed by atoms with E-state index >= 15 is 0 Å². The predicted octanol–water partition coefficient (Wildman–Crippen LogP) is 4.64. The summed E-state index contributed by atoms with van der Waals surface area (Å²) in [5.74, 6) is 0.